The highest BCUT2D eigenvalue weighted by Gasteiger charge is 2.59. The molecular weight excluding hydrogens is 240 g/mol. The van der Waals surface area contributed by atoms with Gasteiger partial charge in [-0.1, -0.05) is 17.7 Å². The lowest BCUT2D eigenvalue weighted by Crippen LogP contribution is -2.32. The molecule has 0 aliphatic heterocycles. The normalized spacial score (nSPS) is 39.6. The van der Waals surface area contributed by atoms with E-state index in [1.54, 1.807) is 7.11 Å². The molecule has 3 aliphatic rings. The first kappa shape index (κ1) is 13.1. The molecular formula is C16H22O3. The third-order valence-corrected chi connectivity index (χ3v) is 5.09. The van der Waals surface area contributed by atoms with Crippen molar-refractivity contribution in [3.05, 3.63) is 23.8 Å². The minimum absolute atomic E-state index is 0.170. The van der Waals surface area contributed by atoms with Crippen molar-refractivity contribution in [1.29, 1.82) is 0 Å². The number of carbonyl (C=O) groups is 1. The standard InChI is InChI=1S/C16H22O3/c1-12-7-13-9-15(5-6-19-11-18-2)4-3-14(17)16(13,8-12)10-15/h3-4,8,13H,5-7,9-11H2,1-2H3/t13-,15+,16-/m1/s1. The fourth-order valence-corrected chi connectivity index (χ4v) is 4.37. The zero-order valence-electron chi connectivity index (χ0n) is 11.8. The van der Waals surface area contributed by atoms with Crippen LogP contribution < -0.4 is 0 Å². The van der Waals surface area contributed by atoms with E-state index in [1.165, 1.54) is 5.57 Å². The first-order chi connectivity index (χ1) is 9.10. The van der Waals surface area contributed by atoms with Crippen LogP contribution in [0, 0.1) is 16.7 Å². The summed E-state index contributed by atoms with van der Waals surface area (Å²) in [5.74, 6) is 0.831. The van der Waals surface area contributed by atoms with E-state index in [9.17, 15) is 4.79 Å². The second-order valence-electron chi connectivity index (χ2n) is 6.44. The fraction of sp³-hybridized carbons (Fsp3) is 0.688. The van der Waals surface area contributed by atoms with Crippen molar-refractivity contribution in [2.24, 2.45) is 16.7 Å². The van der Waals surface area contributed by atoms with Crippen LogP contribution in [-0.4, -0.2) is 26.3 Å². The van der Waals surface area contributed by atoms with Gasteiger partial charge in [0.25, 0.3) is 0 Å². The van der Waals surface area contributed by atoms with Gasteiger partial charge >= 0.3 is 0 Å². The molecule has 3 heteroatoms. The summed E-state index contributed by atoms with van der Waals surface area (Å²) >= 11 is 0. The van der Waals surface area contributed by atoms with Crippen molar-refractivity contribution < 1.29 is 14.3 Å². The molecule has 104 valence electrons. The fourth-order valence-electron chi connectivity index (χ4n) is 4.37. The van der Waals surface area contributed by atoms with Crippen molar-refractivity contribution in [3.8, 4) is 0 Å². The highest BCUT2D eigenvalue weighted by molar-refractivity contribution is 5.99. The largest absolute Gasteiger partial charge is 0.359 e. The SMILES string of the molecule is COCOCC[C@@]12C=CC(=O)[C@]3(C=C(C)C[C@@H]3C1)C2. The third kappa shape index (κ3) is 2.00. The predicted octanol–water partition coefficient (Wildman–Crippen LogP) is 2.87. The molecule has 0 aromatic heterocycles. The van der Waals surface area contributed by atoms with Crippen LogP contribution in [0.3, 0.4) is 0 Å². The number of methoxy groups -OCH3 is 1. The number of hydrogen-bond acceptors (Lipinski definition) is 3. The summed E-state index contributed by atoms with van der Waals surface area (Å²) in [6, 6.07) is 0. The van der Waals surface area contributed by atoms with Crippen LogP contribution in [0.15, 0.2) is 23.8 Å². The summed E-state index contributed by atoms with van der Waals surface area (Å²) in [7, 11) is 1.64. The summed E-state index contributed by atoms with van der Waals surface area (Å²) in [5.41, 5.74) is 1.38. The number of hydrogen-bond donors (Lipinski definition) is 0. The summed E-state index contributed by atoms with van der Waals surface area (Å²) in [5, 5.41) is 0. The summed E-state index contributed by atoms with van der Waals surface area (Å²) < 4.78 is 10.4. The quantitative estimate of drug-likeness (QED) is 0.434. The molecule has 0 unspecified atom stereocenters. The van der Waals surface area contributed by atoms with Gasteiger partial charge in [-0.15, -0.1) is 0 Å². The minimum atomic E-state index is -0.180. The van der Waals surface area contributed by atoms with Gasteiger partial charge in [0.15, 0.2) is 5.78 Å². The lowest BCUT2D eigenvalue weighted by atomic mass is 9.70. The monoisotopic (exact) mass is 262 g/mol. The van der Waals surface area contributed by atoms with Gasteiger partial charge in [-0.05, 0) is 50.0 Å². The topological polar surface area (TPSA) is 35.5 Å². The molecule has 0 saturated heterocycles. The third-order valence-electron chi connectivity index (χ3n) is 5.09. The number of allylic oxidation sites excluding steroid dienone is 4. The van der Waals surface area contributed by atoms with Gasteiger partial charge in [0.2, 0.25) is 0 Å². The van der Waals surface area contributed by atoms with E-state index in [0.717, 1.165) is 25.7 Å². The van der Waals surface area contributed by atoms with E-state index in [2.05, 4.69) is 19.1 Å². The second kappa shape index (κ2) is 4.57. The van der Waals surface area contributed by atoms with Crippen molar-refractivity contribution in [2.75, 3.05) is 20.5 Å². The van der Waals surface area contributed by atoms with Gasteiger partial charge in [-0.3, -0.25) is 4.79 Å². The Morgan fingerprint density at radius 3 is 3.11 bits per heavy atom. The molecule has 0 radical (unpaired) electrons. The van der Waals surface area contributed by atoms with Gasteiger partial charge in [0.1, 0.15) is 6.79 Å². The van der Waals surface area contributed by atoms with E-state index >= 15 is 0 Å². The van der Waals surface area contributed by atoms with Crippen LogP contribution in [0.4, 0.5) is 0 Å². The van der Waals surface area contributed by atoms with E-state index in [4.69, 9.17) is 9.47 Å². The molecule has 0 amide bonds. The Hall–Kier alpha value is -0.930. The zero-order chi connectivity index (χ0) is 13.5. The molecule has 3 atom stereocenters. The Morgan fingerprint density at radius 1 is 1.47 bits per heavy atom. The van der Waals surface area contributed by atoms with Crippen LogP contribution in [0.25, 0.3) is 0 Å². The van der Waals surface area contributed by atoms with Crippen LogP contribution in [-0.2, 0) is 14.3 Å². The molecule has 3 nitrogen and oxygen atoms in total. The maximum Gasteiger partial charge on any atom is 0.165 e. The first-order valence-electron chi connectivity index (χ1n) is 7.09. The maximum atomic E-state index is 12.3. The molecule has 0 aromatic rings. The van der Waals surface area contributed by atoms with Crippen molar-refractivity contribution >= 4 is 5.78 Å². The van der Waals surface area contributed by atoms with Gasteiger partial charge in [0.05, 0.1) is 12.0 Å². The highest BCUT2D eigenvalue weighted by atomic mass is 16.7. The first-order valence-corrected chi connectivity index (χ1v) is 7.09. The molecule has 0 aromatic carbocycles. The summed E-state index contributed by atoms with van der Waals surface area (Å²) in [4.78, 5) is 12.3. The minimum Gasteiger partial charge on any atom is -0.359 e. The number of ketones is 1. The maximum absolute atomic E-state index is 12.3. The molecule has 0 heterocycles. The van der Waals surface area contributed by atoms with Crippen molar-refractivity contribution in [2.45, 2.75) is 32.6 Å². The number of fused-ring (bicyclic) bond motifs is 1. The Morgan fingerprint density at radius 2 is 2.32 bits per heavy atom. The van der Waals surface area contributed by atoms with Gasteiger partial charge in [-0.2, -0.15) is 0 Å². The molecule has 1 saturated carbocycles. The second-order valence-corrected chi connectivity index (χ2v) is 6.44. The van der Waals surface area contributed by atoms with Gasteiger partial charge < -0.3 is 9.47 Å². The Bertz CT molecular complexity index is 451. The van der Waals surface area contributed by atoms with Crippen molar-refractivity contribution in [1.82, 2.24) is 0 Å². The molecule has 1 spiro atoms. The van der Waals surface area contributed by atoms with Crippen LogP contribution in [0.2, 0.25) is 0 Å². The van der Waals surface area contributed by atoms with E-state index in [1.807, 2.05) is 6.08 Å². The summed E-state index contributed by atoms with van der Waals surface area (Å²) in [6.45, 7) is 3.21. The number of rotatable bonds is 5. The van der Waals surface area contributed by atoms with Crippen LogP contribution >= 0.6 is 0 Å². The molecule has 19 heavy (non-hydrogen) atoms. The molecule has 2 bridgehead atoms. The van der Waals surface area contributed by atoms with Gasteiger partial charge in [0, 0.05) is 7.11 Å². The lowest BCUT2D eigenvalue weighted by molar-refractivity contribution is -0.123. The number of ether oxygens (including phenoxy) is 2. The van der Waals surface area contributed by atoms with Crippen molar-refractivity contribution in [3.63, 3.8) is 0 Å². The highest BCUT2D eigenvalue weighted by Crippen LogP contribution is 2.63. The van der Waals surface area contributed by atoms with E-state index in [-0.39, 0.29) is 10.8 Å². The number of carbonyl (C=O) groups excluding carboxylic acids is 1. The molecule has 1 fully saturated rings. The molecule has 0 N–H and O–H groups in total. The smallest absolute Gasteiger partial charge is 0.165 e. The summed E-state index contributed by atoms with van der Waals surface area (Å²) in [6.07, 6.45) is 10.4. The Balaban J connectivity index is 1.76. The average molecular weight is 262 g/mol. The Labute approximate surface area is 114 Å². The average Bonchev–Trinajstić information content (AvgIpc) is 2.79. The van der Waals surface area contributed by atoms with Crippen LogP contribution in [0.5, 0.6) is 0 Å². The van der Waals surface area contributed by atoms with E-state index < -0.39 is 0 Å². The Kier molecular flexibility index (Phi) is 3.14. The lowest BCUT2D eigenvalue weighted by Gasteiger charge is -2.32. The molecule has 3 aliphatic carbocycles. The molecule has 3 rings (SSSR count). The van der Waals surface area contributed by atoms with Crippen LogP contribution in [0.1, 0.15) is 32.6 Å². The van der Waals surface area contributed by atoms with Gasteiger partial charge in [-0.25, -0.2) is 0 Å². The predicted molar refractivity (Wildman–Crippen MR) is 72.6 cm³/mol. The zero-order valence-corrected chi connectivity index (χ0v) is 11.8. The van der Waals surface area contributed by atoms with E-state index in [0.29, 0.717) is 25.1 Å².